The molecule has 6 heteroatoms. The Morgan fingerprint density at radius 1 is 1.26 bits per heavy atom. The molecule has 0 spiro atoms. The van der Waals surface area contributed by atoms with Gasteiger partial charge in [0.1, 0.15) is 0 Å². The van der Waals surface area contributed by atoms with Crippen molar-refractivity contribution in [2.45, 2.75) is 40.2 Å². The second kappa shape index (κ2) is 9.42. The molecule has 1 N–H and O–H groups in total. The molecule has 0 fully saturated rings. The first-order valence-electron chi connectivity index (χ1n) is 8.72. The van der Waals surface area contributed by atoms with Crippen molar-refractivity contribution in [2.75, 3.05) is 7.11 Å². The Kier molecular flexibility index (Phi) is 7.25. The lowest BCUT2D eigenvalue weighted by molar-refractivity contribution is -0.120. The van der Waals surface area contributed by atoms with Gasteiger partial charge in [0.25, 0.3) is 0 Å². The van der Waals surface area contributed by atoms with Gasteiger partial charge in [0.2, 0.25) is 5.91 Å². The second-order valence-electron chi connectivity index (χ2n) is 6.60. The molecule has 5 nitrogen and oxygen atoms in total. The van der Waals surface area contributed by atoms with Crippen LogP contribution in [0.5, 0.6) is 11.5 Å². The maximum atomic E-state index is 12.1. The molecule has 0 aliphatic rings. The van der Waals surface area contributed by atoms with Crippen molar-refractivity contribution in [1.29, 1.82) is 0 Å². The minimum atomic E-state index is -0.184. The Labute approximate surface area is 165 Å². The standard InChI is InChI=1S/C21H25ClN2O3/c1-13(2)27-21-18(22)9-16(10-19(21)26-5)12-23-24-20(25)11-17-7-6-14(3)8-15(17)4/h6-10,12-13H,11H2,1-5H3,(H,24,25)/b23-12-. The smallest absolute Gasteiger partial charge is 0.244 e. The third kappa shape index (κ3) is 6.00. The van der Waals surface area contributed by atoms with Crippen LogP contribution >= 0.6 is 11.6 Å². The van der Waals surface area contributed by atoms with Crippen molar-refractivity contribution in [3.05, 3.63) is 57.6 Å². The van der Waals surface area contributed by atoms with E-state index in [1.807, 2.05) is 39.8 Å². The summed E-state index contributed by atoms with van der Waals surface area (Å²) < 4.78 is 11.0. The predicted octanol–water partition coefficient (Wildman–Crippen LogP) is 4.45. The first-order valence-corrected chi connectivity index (χ1v) is 9.10. The SMILES string of the molecule is COc1cc(/C=N\NC(=O)Cc2ccc(C)cc2C)cc(Cl)c1OC(C)C. The van der Waals surface area contributed by atoms with E-state index in [1.54, 1.807) is 19.2 Å². The van der Waals surface area contributed by atoms with E-state index in [0.29, 0.717) is 22.1 Å². The zero-order valence-corrected chi connectivity index (χ0v) is 17.1. The Morgan fingerprint density at radius 2 is 2.00 bits per heavy atom. The van der Waals surface area contributed by atoms with Gasteiger partial charge in [-0.2, -0.15) is 5.10 Å². The first kappa shape index (κ1) is 20.8. The molecule has 0 atom stereocenters. The maximum Gasteiger partial charge on any atom is 0.244 e. The number of methoxy groups -OCH3 is 1. The highest BCUT2D eigenvalue weighted by Gasteiger charge is 2.13. The van der Waals surface area contributed by atoms with Crippen LogP contribution in [0.2, 0.25) is 5.02 Å². The van der Waals surface area contributed by atoms with Crippen LogP contribution in [0.3, 0.4) is 0 Å². The predicted molar refractivity (Wildman–Crippen MR) is 109 cm³/mol. The van der Waals surface area contributed by atoms with Gasteiger partial charge in [-0.05, 0) is 56.5 Å². The molecule has 2 aromatic carbocycles. The normalized spacial score (nSPS) is 11.1. The molecule has 0 unspecified atom stereocenters. The number of ether oxygens (including phenoxy) is 2. The van der Waals surface area contributed by atoms with Gasteiger partial charge in [-0.25, -0.2) is 5.43 Å². The molecule has 27 heavy (non-hydrogen) atoms. The van der Waals surface area contributed by atoms with Crippen molar-refractivity contribution in [3.8, 4) is 11.5 Å². The summed E-state index contributed by atoms with van der Waals surface area (Å²) in [7, 11) is 1.55. The van der Waals surface area contributed by atoms with Crippen LogP contribution in [0.4, 0.5) is 0 Å². The van der Waals surface area contributed by atoms with Crippen LogP contribution in [-0.2, 0) is 11.2 Å². The molecule has 0 radical (unpaired) electrons. The average molecular weight is 389 g/mol. The largest absolute Gasteiger partial charge is 0.493 e. The number of hydrogen-bond acceptors (Lipinski definition) is 4. The van der Waals surface area contributed by atoms with Gasteiger partial charge < -0.3 is 9.47 Å². The lowest BCUT2D eigenvalue weighted by Crippen LogP contribution is -2.20. The molecule has 1 amide bonds. The molecule has 144 valence electrons. The van der Waals surface area contributed by atoms with Crippen molar-refractivity contribution in [3.63, 3.8) is 0 Å². The van der Waals surface area contributed by atoms with Gasteiger partial charge in [0.15, 0.2) is 11.5 Å². The molecule has 0 heterocycles. The Hall–Kier alpha value is -2.53. The summed E-state index contributed by atoms with van der Waals surface area (Å²) in [4.78, 5) is 12.1. The van der Waals surface area contributed by atoms with E-state index in [9.17, 15) is 4.79 Å². The summed E-state index contributed by atoms with van der Waals surface area (Å²) in [6.07, 6.45) is 1.77. The molecule has 0 aromatic heterocycles. The minimum absolute atomic E-state index is 0.0274. The number of amides is 1. The van der Waals surface area contributed by atoms with Crippen LogP contribution in [0.1, 0.15) is 36.1 Å². The first-order chi connectivity index (χ1) is 12.8. The third-order valence-corrected chi connectivity index (χ3v) is 4.14. The van der Waals surface area contributed by atoms with Crippen molar-refractivity contribution < 1.29 is 14.3 Å². The van der Waals surface area contributed by atoms with E-state index in [1.165, 1.54) is 11.8 Å². The highest BCUT2D eigenvalue weighted by Crippen LogP contribution is 2.36. The van der Waals surface area contributed by atoms with Gasteiger partial charge in [-0.1, -0.05) is 35.4 Å². The molecule has 0 saturated heterocycles. The molecule has 0 aliphatic carbocycles. The van der Waals surface area contributed by atoms with Crippen LogP contribution in [0.15, 0.2) is 35.4 Å². The van der Waals surface area contributed by atoms with Gasteiger partial charge in [0, 0.05) is 0 Å². The number of nitrogens with zero attached hydrogens (tertiary/aromatic N) is 1. The number of hydrazone groups is 1. The van der Waals surface area contributed by atoms with E-state index in [2.05, 4.69) is 16.6 Å². The fourth-order valence-corrected chi connectivity index (χ4v) is 2.86. The number of halogens is 1. The summed E-state index contributed by atoms with van der Waals surface area (Å²) in [6, 6.07) is 9.48. The molecule has 0 bridgehead atoms. The Morgan fingerprint density at radius 3 is 2.63 bits per heavy atom. The average Bonchev–Trinajstić information content (AvgIpc) is 2.59. The number of nitrogens with one attached hydrogen (secondary N) is 1. The number of carbonyl (C=O) groups is 1. The Bertz CT molecular complexity index is 848. The summed E-state index contributed by atoms with van der Waals surface area (Å²) in [5.41, 5.74) is 6.48. The lowest BCUT2D eigenvalue weighted by atomic mass is 10.0. The van der Waals surface area contributed by atoms with E-state index < -0.39 is 0 Å². The fraction of sp³-hybridized carbons (Fsp3) is 0.333. The third-order valence-electron chi connectivity index (χ3n) is 3.86. The zero-order chi connectivity index (χ0) is 20.0. The monoisotopic (exact) mass is 388 g/mol. The number of carbonyl (C=O) groups excluding carboxylic acids is 1. The Balaban J connectivity index is 2.05. The summed E-state index contributed by atoms with van der Waals surface area (Å²) in [6.45, 7) is 7.85. The molecular formula is C21H25ClN2O3. The quantitative estimate of drug-likeness (QED) is 0.563. The van der Waals surface area contributed by atoms with Crippen molar-refractivity contribution >= 4 is 23.7 Å². The van der Waals surface area contributed by atoms with Gasteiger partial charge in [0.05, 0.1) is 30.9 Å². The number of rotatable bonds is 7. The van der Waals surface area contributed by atoms with Gasteiger partial charge in [-0.15, -0.1) is 0 Å². The topological polar surface area (TPSA) is 59.9 Å². The van der Waals surface area contributed by atoms with Crippen LogP contribution in [-0.4, -0.2) is 25.3 Å². The number of benzene rings is 2. The van der Waals surface area contributed by atoms with Crippen molar-refractivity contribution in [1.82, 2.24) is 5.43 Å². The highest BCUT2D eigenvalue weighted by molar-refractivity contribution is 6.32. The summed E-state index contributed by atoms with van der Waals surface area (Å²) in [5, 5.41) is 4.43. The van der Waals surface area contributed by atoms with Crippen LogP contribution < -0.4 is 14.9 Å². The zero-order valence-electron chi connectivity index (χ0n) is 16.3. The van der Waals surface area contributed by atoms with E-state index in [-0.39, 0.29) is 18.4 Å². The number of hydrogen-bond donors (Lipinski definition) is 1. The maximum absolute atomic E-state index is 12.1. The number of aryl methyl sites for hydroxylation is 2. The lowest BCUT2D eigenvalue weighted by Gasteiger charge is -2.15. The van der Waals surface area contributed by atoms with Crippen LogP contribution in [0, 0.1) is 13.8 Å². The summed E-state index contributed by atoms with van der Waals surface area (Å²) in [5.74, 6) is 0.820. The molecule has 2 aromatic rings. The molecule has 0 saturated carbocycles. The summed E-state index contributed by atoms with van der Waals surface area (Å²) >= 11 is 6.28. The van der Waals surface area contributed by atoms with E-state index in [0.717, 1.165) is 11.1 Å². The van der Waals surface area contributed by atoms with Gasteiger partial charge >= 0.3 is 0 Å². The molecule has 2 rings (SSSR count). The highest BCUT2D eigenvalue weighted by atomic mass is 35.5. The second-order valence-corrected chi connectivity index (χ2v) is 7.01. The fourth-order valence-electron chi connectivity index (χ4n) is 2.60. The van der Waals surface area contributed by atoms with E-state index >= 15 is 0 Å². The van der Waals surface area contributed by atoms with E-state index in [4.69, 9.17) is 21.1 Å². The van der Waals surface area contributed by atoms with Crippen molar-refractivity contribution in [2.24, 2.45) is 5.10 Å². The minimum Gasteiger partial charge on any atom is -0.493 e. The molecular weight excluding hydrogens is 364 g/mol. The van der Waals surface area contributed by atoms with Gasteiger partial charge in [-0.3, -0.25) is 4.79 Å². The van der Waals surface area contributed by atoms with Crippen LogP contribution in [0.25, 0.3) is 0 Å². The molecule has 0 aliphatic heterocycles.